The van der Waals surface area contributed by atoms with Gasteiger partial charge in [0.2, 0.25) is 0 Å². The molecule has 0 amide bonds. The Labute approximate surface area is 97.7 Å². The maximum absolute atomic E-state index is 4.66. The van der Waals surface area contributed by atoms with Gasteiger partial charge in [-0.15, -0.1) is 0 Å². The zero-order valence-electron chi connectivity index (χ0n) is 10.7. The Morgan fingerprint density at radius 2 is 1.81 bits per heavy atom. The molecule has 0 bridgehead atoms. The van der Waals surface area contributed by atoms with Gasteiger partial charge in [0.25, 0.3) is 0 Å². The van der Waals surface area contributed by atoms with Crippen LogP contribution in [0.4, 0.5) is 0 Å². The number of likely N-dealkylation sites (N-methyl/N-ethyl adjacent to an activating group) is 1. The molecule has 0 spiro atoms. The highest BCUT2D eigenvalue weighted by Crippen LogP contribution is 2.45. The van der Waals surface area contributed by atoms with Crippen molar-refractivity contribution in [2.75, 3.05) is 13.6 Å². The van der Waals surface area contributed by atoms with Gasteiger partial charge in [-0.25, -0.2) is 9.97 Å². The average molecular weight is 219 g/mol. The van der Waals surface area contributed by atoms with Gasteiger partial charge in [-0.1, -0.05) is 6.92 Å². The first-order valence-electron chi connectivity index (χ1n) is 6.12. The van der Waals surface area contributed by atoms with Crippen LogP contribution in [0.3, 0.4) is 0 Å². The zero-order valence-corrected chi connectivity index (χ0v) is 10.7. The Bertz CT molecular complexity index is 364. The van der Waals surface area contributed by atoms with Crippen LogP contribution in [0.1, 0.15) is 42.0 Å². The molecule has 1 aliphatic rings. The zero-order chi connectivity index (χ0) is 11.7. The molecule has 1 saturated carbocycles. The molecule has 1 aromatic heterocycles. The van der Waals surface area contributed by atoms with E-state index in [-0.39, 0.29) is 0 Å². The van der Waals surface area contributed by atoms with E-state index in [4.69, 9.17) is 0 Å². The molecule has 0 aromatic carbocycles. The van der Waals surface area contributed by atoms with Crippen LogP contribution >= 0.6 is 0 Å². The number of aromatic nitrogens is 2. The van der Waals surface area contributed by atoms with Crippen LogP contribution in [0.2, 0.25) is 0 Å². The first-order chi connectivity index (χ1) is 7.63. The minimum absolute atomic E-state index is 0.621. The molecule has 3 nitrogen and oxygen atoms in total. The first-order valence-corrected chi connectivity index (χ1v) is 6.12. The van der Waals surface area contributed by atoms with E-state index in [1.807, 2.05) is 7.05 Å². The van der Waals surface area contributed by atoms with Gasteiger partial charge < -0.3 is 5.32 Å². The molecule has 2 rings (SSSR count). The van der Waals surface area contributed by atoms with E-state index in [0.717, 1.165) is 36.1 Å². The fraction of sp³-hybridized carbons (Fsp3) is 0.692. The van der Waals surface area contributed by atoms with Gasteiger partial charge in [0.1, 0.15) is 5.82 Å². The number of nitrogens with one attached hydrogen (secondary N) is 1. The third-order valence-corrected chi connectivity index (χ3v) is 3.50. The van der Waals surface area contributed by atoms with Crippen LogP contribution in [-0.2, 0) is 6.42 Å². The van der Waals surface area contributed by atoms with E-state index in [2.05, 4.69) is 36.1 Å². The van der Waals surface area contributed by atoms with Gasteiger partial charge >= 0.3 is 0 Å². The van der Waals surface area contributed by atoms with E-state index in [1.165, 1.54) is 12.0 Å². The number of hydrogen-bond acceptors (Lipinski definition) is 3. The highest BCUT2D eigenvalue weighted by atomic mass is 14.9. The Morgan fingerprint density at radius 3 is 2.25 bits per heavy atom. The number of hydrogen-bond donors (Lipinski definition) is 1. The maximum Gasteiger partial charge on any atom is 0.132 e. The van der Waals surface area contributed by atoms with E-state index in [1.54, 1.807) is 0 Å². The van der Waals surface area contributed by atoms with Crippen molar-refractivity contribution in [1.29, 1.82) is 0 Å². The van der Waals surface area contributed by atoms with E-state index in [9.17, 15) is 0 Å². The van der Waals surface area contributed by atoms with Crippen LogP contribution in [0.25, 0.3) is 0 Å². The molecule has 88 valence electrons. The predicted octanol–water partition coefficient (Wildman–Crippen LogP) is 1.98. The monoisotopic (exact) mass is 219 g/mol. The second kappa shape index (κ2) is 4.50. The van der Waals surface area contributed by atoms with Crippen LogP contribution in [0.15, 0.2) is 0 Å². The van der Waals surface area contributed by atoms with Crippen molar-refractivity contribution < 1.29 is 0 Å². The molecule has 1 heterocycles. The van der Waals surface area contributed by atoms with Crippen molar-refractivity contribution in [2.24, 2.45) is 5.92 Å². The molecular formula is C13H21N3. The summed E-state index contributed by atoms with van der Waals surface area (Å²) in [5, 5.41) is 3.17. The lowest BCUT2D eigenvalue weighted by Gasteiger charge is -2.10. The molecule has 1 aromatic rings. The smallest absolute Gasteiger partial charge is 0.132 e. The molecule has 0 saturated heterocycles. The summed E-state index contributed by atoms with van der Waals surface area (Å²) in [6.45, 7) is 7.48. The summed E-state index contributed by atoms with van der Waals surface area (Å²) in [4.78, 5) is 9.32. The topological polar surface area (TPSA) is 37.8 Å². The number of aryl methyl sites for hydroxylation is 2. The fourth-order valence-corrected chi connectivity index (χ4v) is 2.22. The highest BCUT2D eigenvalue weighted by molar-refractivity contribution is 5.26. The molecule has 2 unspecified atom stereocenters. The van der Waals surface area contributed by atoms with Gasteiger partial charge in [0.05, 0.1) is 0 Å². The van der Waals surface area contributed by atoms with E-state index < -0.39 is 0 Å². The molecule has 3 heteroatoms. The van der Waals surface area contributed by atoms with Crippen molar-refractivity contribution in [3.8, 4) is 0 Å². The fourth-order valence-electron chi connectivity index (χ4n) is 2.22. The molecule has 1 N–H and O–H groups in total. The summed E-state index contributed by atoms with van der Waals surface area (Å²) in [5.41, 5.74) is 3.64. The number of nitrogens with zero attached hydrogens (tertiary/aromatic N) is 2. The summed E-state index contributed by atoms with van der Waals surface area (Å²) < 4.78 is 0. The number of rotatable bonds is 4. The minimum atomic E-state index is 0.621. The summed E-state index contributed by atoms with van der Waals surface area (Å²) in [7, 11) is 1.98. The standard InChI is InChI=1S/C13H21N3/c1-8-7-12(8)13-15-9(2)11(5-6-14-4)10(3)16-13/h8,12,14H,5-7H2,1-4H3. The third kappa shape index (κ3) is 2.24. The molecule has 1 aliphatic carbocycles. The van der Waals surface area contributed by atoms with Crippen molar-refractivity contribution in [3.63, 3.8) is 0 Å². The summed E-state index contributed by atoms with van der Waals surface area (Å²) in [5.74, 6) is 2.47. The predicted molar refractivity (Wildman–Crippen MR) is 65.7 cm³/mol. The van der Waals surface area contributed by atoms with Gasteiger partial charge in [0, 0.05) is 17.3 Å². The Balaban J connectivity index is 2.21. The SMILES string of the molecule is CNCCc1c(C)nc(C2CC2C)nc1C. The van der Waals surface area contributed by atoms with Crippen LogP contribution < -0.4 is 5.32 Å². The molecule has 0 aliphatic heterocycles. The second-order valence-electron chi connectivity index (χ2n) is 4.90. The lowest BCUT2D eigenvalue weighted by Crippen LogP contribution is -2.14. The largest absolute Gasteiger partial charge is 0.319 e. The Hall–Kier alpha value is -0.960. The molecule has 0 radical (unpaired) electrons. The van der Waals surface area contributed by atoms with Gasteiger partial charge in [-0.05, 0) is 51.8 Å². The molecule has 1 fully saturated rings. The van der Waals surface area contributed by atoms with Gasteiger partial charge in [-0.2, -0.15) is 0 Å². The van der Waals surface area contributed by atoms with Crippen molar-refractivity contribution in [2.45, 2.75) is 39.5 Å². The first kappa shape index (κ1) is 11.5. The summed E-state index contributed by atoms with van der Waals surface area (Å²) >= 11 is 0. The van der Waals surface area contributed by atoms with Gasteiger partial charge in [-0.3, -0.25) is 0 Å². The van der Waals surface area contributed by atoms with Gasteiger partial charge in [0.15, 0.2) is 0 Å². The second-order valence-corrected chi connectivity index (χ2v) is 4.90. The van der Waals surface area contributed by atoms with Crippen LogP contribution in [0.5, 0.6) is 0 Å². The summed E-state index contributed by atoms with van der Waals surface area (Å²) in [6.07, 6.45) is 2.28. The highest BCUT2D eigenvalue weighted by Gasteiger charge is 2.36. The average Bonchev–Trinajstić information content (AvgIpc) is 2.94. The lowest BCUT2D eigenvalue weighted by molar-refractivity contribution is 0.756. The van der Waals surface area contributed by atoms with Crippen LogP contribution in [0, 0.1) is 19.8 Å². The minimum Gasteiger partial charge on any atom is -0.319 e. The Kier molecular flexibility index (Phi) is 3.24. The van der Waals surface area contributed by atoms with E-state index >= 15 is 0 Å². The van der Waals surface area contributed by atoms with E-state index in [0.29, 0.717) is 5.92 Å². The third-order valence-electron chi connectivity index (χ3n) is 3.50. The van der Waals surface area contributed by atoms with Crippen molar-refractivity contribution in [1.82, 2.24) is 15.3 Å². The molecular weight excluding hydrogens is 198 g/mol. The van der Waals surface area contributed by atoms with Crippen molar-refractivity contribution in [3.05, 3.63) is 22.8 Å². The normalized spacial score (nSPS) is 23.5. The maximum atomic E-state index is 4.66. The molecule has 2 atom stereocenters. The lowest BCUT2D eigenvalue weighted by atomic mass is 10.1. The quantitative estimate of drug-likeness (QED) is 0.841. The Morgan fingerprint density at radius 1 is 1.25 bits per heavy atom. The van der Waals surface area contributed by atoms with Crippen LogP contribution in [-0.4, -0.2) is 23.6 Å². The molecule has 16 heavy (non-hydrogen) atoms. The van der Waals surface area contributed by atoms with Crippen molar-refractivity contribution >= 4 is 0 Å². The summed E-state index contributed by atoms with van der Waals surface area (Å²) in [6, 6.07) is 0.